The van der Waals surface area contributed by atoms with Crippen molar-refractivity contribution in [1.82, 2.24) is 0 Å². The standard InChI is InChI=1S/C59H71BN2S/c1-16-59(14,15)46-35-47-49(34-43(46)36(2)3)61(42-26-22-39(23-27-42)56(5,6)7)50-30-37(4)31-51-53(50)60(47)55-54(45-33-41(58(11,12)13)25-29-52(45)63-55)62(51)48-28-24-40(57(8,9)10)32-44(48)38-20-18-17-19-21-38/h17-23,25-26,28-36,40,42H,16,24,27H2,1-15H3. The highest BCUT2D eigenvalue weighted by atomic mass is 32.1. The number of hydrogen-bond acceptors (Lipinski definition) is 3. The molecule has 9 rings (SSSR count). The van der Waals surface area contributed by atoms with E-state index in [1.807, 2.05) is 11.3 Å². The molecule has 4 heteroatoms. The highest BCUT2D eigenvalue weighted by Gasteiger charge is 2.48. The summed E-state index contributed by atoms with van der Waals surface area (Å²) >= 11 is 2.03. The molecule has 1 aromatic heterocycles. The van der Waals surface area contributed by atoms with E-state index in [1.165, 1.54) is 93.2 Å². The Morgan fingerprint density at radius 2 is 1.49 bits per heavy atom. The van der Waals surface area contributed by atoms with Gasteiger partial charge < -0.3 is 9.80 Å². The molecule has 0 saturated heterocycles. The van der Waals surface area contributed by atoms with Gasteiger partial charge >= 0.3 is 0 Å². The lowest BCUT2D eigenvalue weighted by Gasteiger charge is -2.47. The van der Waals surface area contributed by atoms with Crippen molar-refractivity contribution in [3.8, 4) is 0 Å². The maximum absolute atomic E-state index is 2.77. The fourth-order valence-corrected chi connectivity index (χ4v) is 12.1. The zero-order valence-corrected chi connectivity index (χ0v) is 41.9. The molecule has 3 heterocycles. The van der Waals surface area contributed by atoms with Gasteiger partial charge in [0.15, 0.2) is 0 Å². The fourth-order valence-electron chi connectivity index (χ4n) is 10.8. The van der Waals surface area contributed by atoms with Gasteiger partial charge in [-0.15, -0.1) is 11.3 Å². The van der Waals surface area contributed by atoms with E-state index in [0.717, 1.165) is 19.3 Å². The van der Waals surface area contributed by atoms with Crippen LogP contribution in [0.15, 0.2) is 114 Å². The number of fused-ring (bicyclic) bond motifs is 6. The summed E-state index contributed by atoms with van der Waals surface area (Å²) in [6, 6.07) is 29.2. The summed E-state index contributed by atoms with van der Waals surface area (Å²) < 4.78 is 2.83. The topological polar surface area (TPSA) is 6.48 Å². The van der Waals surface area contributed by atoms with E-state index in [-0.39, 0.29) is 34.4 Å². The number of allylic oxidation sites excluding steroid dienone is 5. The molecule has 5 aromatic rings. The maximum Gasteiger partial charge on any atom is 0.264 e. The zero-order chi connectivity index (χ0) is 45.1. The first-order valence-electron chi connectivity index (χ1n) is 23.9. The van der Waals surface area contributed by atoms with E-state index < -0.39 is 0 Å². The van der Waals surface area contributed by atoms with E-state index in [4.69, 9.17) is 0 Å². The molecule has 2 aliphatic heterocycles. The lowest BCUT2D eigenvalue weighted by Crippen LogP contribution is -2.62. The van der Waals surface area contributed by atoms with Crippen LogP contribution in [0.2, 0.25) is 0 Å². The third-order valence-corrected chi connectivity index (χ3v) is 16.3. The number of nitrogens with zero attached hydrogens (tertiary/aromatic N) is 2. The van der Waals surface area contributed by atoms with Crippen LogP contribution in [0.5, 0.6) is 0 Å². The number of rotatable bonds is 6. The lowest BCUT2D eigenvalue weighted by molar-refractivity contribution is 0.294. The normalized spacial score (nSPS) is 18.9. The minimum Gasteiger partial charge on any atom is -0.335 e. The molecule has 0 N–H and O–H groups in total. The van der Waals surface area contributed by atoms with E-state index in [2.05, 4.69) is 217 Å². The number of aryl methyl sites for hydroxylation is 1. The summed E-state index contributed by atoms with van der Waals surface area (Å²) in [7, 11) is 0. The molecule has 326 valence electrons. The molecule has 0 radical (unpaired) electrons. The minimum atomic E-state index is 0.0178. The van der Waals surface area contributed by atoms with E-state index in [1.54, 1.807) is 0 Å². The second-order valence-electron chi connectivity index (χ2n) is 23.3. The van der Waals surface area contributed by atoms with E-state index >= 15 is 0 Å². The summed E-state index contributed by atoms with van der Waals surface area (Å²) in [6.45, 7) is 35.8. The number of hydrogen-bond donors (Lipinski definition) is 0. The third kappa shape index (κ3) is 7.41. The Kier molecular flexibility index (Phi) is 10.6. The number of thiophene rings is 1. The second kappa shape index (κ2) is 15.3. The van der Waals surface area contributed by atoms with Crippen LogP contribution in [0.1, 0.15) is 150 Å². The molecule has 4 aromatic carbocycles. The highest BCUT2D eigenvalue weighted by Crippen LogP contribution is 2.51. The first-order chi connectivity index (χ1) is 29.6. The van der Waals surface area contributed by atoms with Gasteiger partial charge in [-0.3, -0.25) is 0 Å². The lowest BCUT2D eigenvalue weighted by atomic mass is 9.35. The van der Waals surface area contributed by atoms with Gasteiger partial charge in [-0.05, 0) is 134 Å². The number of anilines is 4. The van der Waals surface area contributed by atoms with E-state index in [0.29, 0.717) is 11.8 Å². The van der Waals surface area contributed by atoms with Crippen molar-refractivity contribution < 1.29 is 0 Å². The summed E-state index contributed by atoms with van der Waals surface area (Å²) in [5.74, 6) is 0.825. The summed E-state index contributed by atoms with van der Waals surface area (Å²) in [5.41, 5.74) is 19.7. The van der Waals surface area contributed by atoms with Crippen LogP contribution in [0.25, 0.3) is 15.7 Å². The molecule has 0 saturated carbocycles. The van der Waals surface area contributed by atoms with Crippen molar-refractivity contribution in [3.05, 3.63) is 142 Å². The SMILES string of the molecule is CCC(C)(C)c1cc2c(cc1C(C)C)N(C1C=CC(C(C)(C)C)=CC1)c1cc(C)cc3c1B2c1sc2ccc(C(C)(C)C)cc2c1N3C1=CCC(C(C)(C)C)C=C1c1ccccc1. The van der Waals surface area contributed by atoms with Crippen LogP contribution in [0.4, 0.5) is 22.7 Å². The van der Waals surface area contributed by atoms with Crippen LogP contribution in [-0.2, 0) is 10.8 Å². The predicted molar refractivity (Wildman–Crippen MR) is 280 cm³/mol. The van der Waals surface area contributed by atoms with Crippen LogP contribution >= 0.6 is 11.3 Å². The second-order valence-corrected chi connectivity index (χ2v) is 24.4. The van der Waals surface area contributed by atoms with Gasteiger partial charge in [-0.1, -0.05) is 170 Å². The molecule has 0 bridgehead atoms. The Morgan fingerprint density at radius 3 is 2.11 bits per heavy atom. The average molecular weight is 851 g/mol. The molecule has 2 atom stereocenters. The average Bonchev–Trinajstić information content (AvgIpc) is 3.61. The quantitative estimate of drug-likeness (QED) is 0.157. The van der Waals surface area contributed by atoms with Crippen molar-refractivity contribution in [2.24, 2.45) is 16.7 Å². The summed E-state index contributed by atoms with van der Waals surface area (Å²) in [5, 5.41) is 1.37. The molecule has 2 nitrogen and oxygen atoms in total. The van der Waals surface area contributed by atoms with Gasteiger partial charge in [0.05, 0.1) is 11.7 Å². The molecule has 63 heavy (non-hydrogen) atoms. The number of benzene rings is 4. The summed E-state index contributed by atoms with van der Waals surface area (Å²) in [6.07, 6.45) is 15.8. The minimum absolute atomic E-state index is 0.0178. The van der Waals surface area contributed by atoms with Crippen molar-refractivity contribution >= 4 is 72.2 Å². The molecule has 0 amide bonds. The Balaban J connectivity index is 1.40. The van der Waals surface area contributed by atoms with Gasteiger partial charge in [0.1, 0.15) is 0 Å². The Hall–Kier alpha value is -4.54. The van der Waals surface area contributed by atoms with Crippen LogP contribution in [0.3, 0.4) is 0 Å². The highest BCUT2D eigenvalue weighted by molar-refractivity contribution is 7.33. The summed E-state index contributed by atoms with van der Waals surface area (Å²) in [4.78, 5) is 5.52. The molecule has 2 aliphatic carbocycles. The predicted octanol–water partition coefficient (Wildman–Crippen LogP) is 15.1. The van der Waals surface area contributed by atoms with Crippen molar-refractivity contribution in [2.75, 3.05) is 9.80 Å². The zero-order valence-electron chi connectivity index (χ0n) is 41.0. The van der Waals surface area contributed by atoms with Crippen molar-refractivity contribution in [3.63, 3.8) is 0 Å². The van der Waals surface area contributed by atoms with Crippen molar-refractivity contribution in [1.29, 1.82) is 0 Å². The molecule has 0 spiro atoms. The first kappa shape index (κ1) is 43.7. The maximum atomic E-state index is 2.77. The smallest absolute Gasteiger partial charge is 0.264 e. The van der Waals surface area contributed by atoms with Crippen LogP contribution < -0.4 is 25.5 Å². The third-order valence-electron chi connectivity index (χ3n) is 15.0. The largest absolute Gasteiger partial charge is 0.335 e. The Bertz CT molecular complexity index is 2750. The molecular weight excluding hydrogens is 780 g/mol. The molecular formula is C59H71BN2S. The first-order valence-corrected chi connectivity index (χ1v) is 24.8. The monoisotopic (exact) mass is 851 g/mol. The fraction of sp³-hybridized carbons (Fsp3) is 0.424. The van der Waals surface area contributed by atoms with Gasteiger partial charge in [-0.25, -0.2) is 0 Å². The van der Waals surface area contributed by atoms with Crippen LogP contribution in [0, 0.1) is 23.7 Å². The van der Waals surface area contributed by atoms with E-state index in [9.17, 15) is 0 Å². The van der Waals surface area contributed by atoms with Gasteiger partial charge in [-0.2, -0.15) is 0 Å². The van der Waals surface area contributed by atoms with Gasteiger partial charge in [0, 0.05) is 43.2 Å². The molecule has 0 fully saturated rings. The van der Waals surface area contributed by atoms with Crippen LogP contribution in [-0.4, -0.2) is 12.8 Å². The van der Waals surface area contributed by atoms with Gasteiger partial charge in [0.2, 0.25) is 0 Å². The van der Waals surface area contributed by atoms with Crippen molar-refractivity contribution in [2.45, 2.75) is 146 Å². The Labute approximate surface area is 385 Å². The molecule has 2 unspecified atom stereocenters. The van der Waals surface area contributed by atoms with Gasteiger partial charge in [0.25, 0.3) is 6.71 Å². The molecule has 4 aliphatic rings. The Morgan fingerprint density at radius 1 is 0.778 bits per heavy atom.